The van der Waals surface area contributed by atoms with Gasteiger partial charge in [-0.05, 0) is 48.6 Å². The van der Waals surface area contributed by atoms with E-state index in [0.29, 0.717) is 18.2 Å². The molecule has 1 heterocycles. The summed E-state index contributed by atoms with van der Waals surface area (Å²) in [7, 11) is 1.65. The van der Waals surface area contributed by atoms with Crippen LogP contribution in [0.1, 0.15) is 25.8 Å². The topological polar surface area (TPSA) is 69.0 Å². The third-order valence-corrected chi connectivity index (χ3v) is 5.87. The molecule has 0 fully saturated rings. The maximum absolute atomic E-state index is 12.2. The van der Waals surface area contributed by atoms with Gasteiger partial charge in [-0.3, -0.25) is 4.79 Å². The summed E-state index contributed by atoms with van der Waals surface area (Å²) in [4.78, 5) is 12.2. The number of aromatic nitrogens is 3. The molecule has 31 heavy (non-hydrogen) atoms. The van der Waals surface area contributed by atoms with Gasteiger partial charge in [-0.15, -0.1) is 10.2 Å². The van der Waals surface area contributed by atoms with Gasteiger partial charge in [0.25, 0.3) is 0 Å². The number of methoxy groups -OCH3 is 1. The number of hydrogen-bond donors (Lipinski definition) is 1. The van der Waals surface area contributed by atoms with E-state index in [-0.39, 0.29) is 5.91 Å². The Morgan fingerprint density at radius 2 is 1.84 bits per heavy atom. The second-order valence-corrected chi connectivity index (χ2v) is 8.69. The van der Waals surface area contributed by atoms with Crippen LogP contribution in [0.4, 0.5) is 0 Å². The number of nitrogens with one attached hydrogen (secondary N) is 1. The molecule has 0 radical (unpaired) electrons. The Bertz CT molecular complexity index is 955. The highest BCUT2D eigenvalue weighted by molar-refractivity contribution is 7.99. The van der Waals surface area contributed by atoms with Gasteiger partial charge in [-0.1, -0.05) is 55.9 Å². The van der Waals surface area contributed by atoms with Crippen LogP contribution >= 0.6 is 11.8 Å². The van der Waals surface area contributed by atoms with Gasteiger partial charge < -0.3 is 14.6 Å². The predicted molar refractivity (Wildman–Crippen MR) is 125 cm³/mol. The van der Waals surface area contributed by atoms with Gasteiger partial charge in [0.2, 0.25) is 5.91 Å². The largest absolute Gasteiger partial charge is 0.497 e. The van der Waals surface area contributed by atoms with Crippen molar-refractivity contribution in [1.29, 1.82) is 0 Å². The van der Waals surface area contributed by atoms with Crippen molar-refractivity contribution in [3.63, 3.8) is 0 Å². The van der Waals surface area contributed by atoms with E-state index in [2.05, 4.69) is 46.1 Å². The third-order valence-electron chi connectivity index (χ3n) is 4.91. The zero-order valence-electron chi connectivity index (χ0n) is 18.4. The number of aryl methyl sites for hydroxylation is 1. The van der Waals surface area contributed by atoms with Crippen LogP contribution in [0.2, 0.25) is 0 Å². The minimum absolute atomic E-state index is 0.0225. The van der Waals surface area contributed by atoms with Crippen molar-refractivity contribution < 1.29 is 9.53 Å². The fraction of sp³-hybridized carbons (Fsp3) is 0.375. The molecule has 0 aliphatic rings. The number of hydrogen-bond acceptors (Lipinski definition) is 5. The van der Waals surface area contributed by atoms with E-state index in [1.807, 2.05) is 42.5 Å². The van der Waals surface area contributed by atoms with E-state index in [4.69, 9.17) is 4.74 Å². The Morgan fingerprint density at radius 3 is 2.52 bits per heavy atom. The second kappa shape index (κ2) is 11.6. The van der Waals surface area contributed by atoms with Crippen LogP contribution in [-0.4, -0.2) is 40.1 Å². The van der Waals surface area contributed by atoms with Gasteiger partial charge in [0.05, 0.1) is 12.9 Å². The fourth-order valence-corrected chi connectivity index (χ4v) is 3.91. The molecular weight excluding hydrogens is 408 g/mol. The molecule has 0 atom stereocenters. The average molecular weight is 439 g/mol. The summed E-state index contributed by atoms with van der Waals surface area (Å²) in [6.07, 6.45) is 1.83. The summed E-state index contributed by atoms with van der Waals surface area (Å²) in [6, 6.07) is 18.1. The molecule has 2 aromatic carbocycles. The van der Waals surface area contributed by atoms with Crippen molar-refractivity contribution in [1.82, 2.24) is 20.1 Å². The number of carbonyl (C=O) groups excluding carboxylic acids is 1. The van der Waals surface area contributed by atoms with Gasteiger partial charge in [0.15, 0.2) is 11.0 Å². The summed E-state index contributed by atoms with van der Waals surface area (Å²) in [5.41, 5.74) is 2.22. The quantitative estimate of drug-likeness (QED) is 0.448. The van der Waals surface area contributed by atoms with Crippen molar-refractivity contribution in [2.45, 2.75) is 38.4 Å². The Labute approximate surface area is 188 Å². The molecule has 6 nitrogen and oxygen atoms in total. The van der Waals surface area contributed by atoms with Crippen LogP contribution in [0.25, 0.3) is 11.4 Å². The Kier molecular flexibility index (Phi) is 8.53. The lowest BCUT2D eigenvalue weighted by molar-refractivity contribution is -0.118. The van der Waals surface area contributed by atoms with Crippen molar-refractivity contribution >= 4 is 17.7 Å². The first kappa shape index (κ1) is 22.9. The van der Waals surface area contributed by atoms with Crippen molar-refractivity contribution in [3.8, 4) is 17.1 Å². The second-order valence-electron chi connectivity index (χ2n) is 7.74. The molecule has 1 aromatic heterocycles. The third kappa shape index (κ3) is 6.85. The normalized spacial score (nSPS) is 11.0. The van der Waals surface area contributed by atoms with E-state index < -0.39 is 0 Å². The minimum Gasteiger partial charge on any atom is -0.497 e. The SMILES string of the molecule is COc1ccc(-c2nnc(SCC(=O)NCCC(C)C)n2CCc2ccccc2)cc1. The number of benzene rings is 2. The molecule has 0 aliphatic carbocycles. The monoisotopic (exact) mass is 438 g/mol. The lowest BCUT2D eigenvalue weighted by atomic mass is 10.1. The lowest BCUT2D eigenvalue weighted by Gasteiger charge is -2.11. The zero-order chi connectivity index (χ0) is 22.1. The van der Waals surface area contributed by atoms with Crippen LogP contribution in [0.15, 0.2) is 59.8 Å². The van der Waals surface area contributed by atoms with Crippen LogP contribution in [0.5, 0.6) is 5.75 Å². The molecule has 1 N–H and O–H groups in total. The summed E-state index contributed by atoms with van der Waals surface area (Å²) in [5.74, 6) is 2.51. The van der Waals surface area contributed by atoms with Gasteiger partial charge in [0.1, 0.15) is 5.75 Å². The number of nitrogens with zero attached hydrogens (tertiary/aromatic N) is 3. The maximum Gasteiger partial charge on any atom is 0.230 e. The first-order valence-electron chi connectivity index (χ1n) is 10.6. The number of rotatable bonds is 11. The van der Waals surface area contributed by atoms with Crippen LogP contribution in [0.3, 0.4) is 0 Å². The molecule has 0 saturated carbocycles. The number of carbonyl (C=O) groups is 1. The molecule has 7 heteroatoms. The lowest BCUT2D eigenvalue weighted by Crippen LogP contribution is -2.27. The highest BCUT2D eigenvalue weighted by atomic mass is 32.2. The summed E-state index contributed by atoms with van der Waals surface area (Å²) in [5, 5.41) is 12.6. The highest BCUT2D eigenvalue weighted by Crippen LogP contribution is 2.26. The van der Waals surface area contributed by atoms with E-state index in [9.17, 15) is 4.79 Å². The van der Waals surface area contributed by atoms with E-state index >= 15 is 0 Å². The van der Waals surface area contributed by atoms with Gasteiger partial charge in [-0.25, -0.2) is 0 Å². The molecule has 0 bridgehead atoms. The standard InChI is InChI=1S/C24H30N4O2S/c1-18(2)13-15-25-22(29)17-31-24-27-26-23(20-9-11-21(30-3)12-10-20)28(24)16-14-19-7-5-4-6-8-19/h4-12,18H,13-17H2,1-3H3,(H,25,29). The molecule has 164 valence electrons. The van der Waals surface area contributed by atoms with Crippen molar-refractivity contribution in [3.05, 3.63) is 60.2 Å². The Hall–Kier alpha value is -2.80. The van der Waals surface area contributed by atoms with E-state index in [1.165, 1.54) is 17.3 Å². The zero-order valence-corrected chi connectivity index (χ0v) is 19.2. The number of thioether (sulfide) groups is 1. The van der Waals surface area contributed by atoms with Gasteiger partial charge >= 0.3 is 0 Å². The molecule has 0 spiro atoms. The van der Waals surface area contributed by atoms with Crippen LogP contribution in [-0.2, 0) is 17.8 Å². The first-order valence-corrected chi connectivity index (χ1v) is 11.6. The molecule has 0 aliphatic heterocycles. The van der Waals surface area contributed by atoms with Crippen LogP contribution < -0.4 is 10.1 Å². The Balaban J connectivity index is 1.74. The van der Waals surface area contributed by atoms with Crippen LogP contribution in [0, 0.1) is 5.92 Å². The fourth-order valence-electron chi connectivity index (χ4n) is 3.12. The van der Waals surface area contributed by atoms with Gasteiger partial charge in [-0.2, -0.15) is 0 Å². The molecule has 3 rings (SSSR count). The average Bonchev–Trinajstić information content (AvgIpc) is 3.19. The van der Waals surface area contributed by atoms with Crippen molar-refractivity contribution in [2.24, 2.45) is 5.92 Å². The molecule has 0 unspecified atom stereocenters. The van der Waals surface area contributed by atoms with Crippen molar-refractivity contribution in [2.75, 3.05) is 19.4 Å². The molecule has 0 saturated heterocycles. The smallest absolute Gasteiger partial charge is 0.230 e. The Morgan fingerprint density at radius 1 is 1.10 bits per heavy atom. The molecular formula is C24H30N4O2S. The van der Waals surface area contributed by atoms with E-state index in [1.54, 1.807) is 7.11 Å². The summed E-state index contributed by atoms with van der Waals surface area (Å²) in [6.45, 7) is 5.73. The summed E-state index contributed by atoms with van der Waals surface area (Å²) >= 11 is 1.42. The first-order chi connectivity index (χ1) is 15.1. The minimum atomic E-state index is 0.0225. The number of amides is 1. The van der Waals surface area contributed by atoms with E-state index in [0.717, 1.165) is 41.7 Å². The highest BCUT2D eigenvalue weighted by Gasteiger charge is 2.16. The van der Waals surface area contributed by atoms with Gasteiger partial charge in [0, 0.05) is 18.7 Å². The number of ether oxygens (including phenoxy) is 1. The molecule has 1 amide bonds. The predicted octanol–water partition coefficient (Wildman–Crippen LogP) is 4.45. The maximum atomic E-state index is 12.2. The summed E-state index contributed by atoms with van der Waals surface area (Å²) < 4.78 is 7.36. The molecule has 3 aromatic rings.